The molecule has 0 bridgehead atoms. The van der Waals surface area contributed by atoms with Gasteiger partial charge in [0.05, 0.1) is 11.0 Å². The molecule has 1 fully saturated rings. The molecule has 1 saturated heterocycles. The molecule has 0 radical (unpaired) electrons. The molecule has 1 N–H and O–H groups in total. The van der Waals surface area contributed by atoms with Crippen LogP contribution in [0, 0.1) is 6.85 Å². The largest absolute Gasteiger partial charge is 0.369 e. The number of benzene rings is 1. The summed E-state index contributed by atoms with van der Waals surface area (Å²) < 4.78 is 117. The van der Waals surface area contributed by atoms with Crippen molar-refractivity contribution in [2.24, 2.45) is 0 Å². The Bertz CT molecular complexity index is 785. The summed E-state index contributed by atoms with van der Waals surface area (Å²) in [5.74, 6) is 0. The van der Waals surface area contributed by atoms with Crippen molar-refractivity contribution < 1.29 is 20.6 Å². The average molecular weight is 191 g/mol. The van der Waals surface area contributed by atoms with Crippen LogP contribution in [0.1, 0.15) is 26.1 Å². The summed E-state index contributed by atoms with van der Waals surface area (Å²) in [6.45, 7) is -16.4. The fraction of sp³-hybridized carbons (Fsp3) is 0.455. The predicted octanol–water partition coefficient (Wildman–Crippen LogP) is 1.40. The molecule has 0 spiro atoms. The summed E-state index contributed by atoms with van der Waals surface area (Å²) in [6, 6.07) is -4.30. The summed E-state index contributed by atoms with van der Waals surface area (Å²) in [6.07, 6.45) is 0. The second-order valence-corrected chi connectivity index (χ2v) is 2.16. The molecular weight excluding hydrogens is 160 g/mol. The van der Waals surface area contributed by atoms with Crippen LogP contribution in [0.5, 0.6) is 0 Å². The molecule has 0 atom stereocenters. The number of nitrogens with one attached hydrogen (secondary N) is 1. The monoisotopic (exact) mass is 191 g/mol. The van der Waals surface area contributed by atoms with Crippen LogP contribution in [-0.2, 0) is 0 Å². The molecule has 13 heavy (non-hydrogen) atoms. The fourth-order valence-electron chi connectivity index (χ4n) is 0.784. The molecule has 2 heteroatoms. The third-order valence-corrected chi connectivity index (χ3v) is 1.30. The number of rotatable bonds is 1. The Hall–Kier alpha value is -1.02. The Morgan fingerprint density at radius 2 is 2.38 bits per heavy atom. The number of hydrogen-bond acceptors (Lipinski definition) is 2. The van der Waals surface area contributed by atoms with Gasteiger partial charge in [0.1, 0.15) is 0 Å². The van der Waals surface area contributed by atoms with Crippen molar-refractivity contribution in [2.45, 2.75) is 6.85 Å². The van der Waals surface area contributed by atoms with Crippen LogP contribution in [-0.4, -0.2) is 26.0 Å². The maximum absolute atomic E-state index is 8.11. The number of anilines is 1. The van der Waals surface area contributed by atoms with Gasteiger partial charge in [-0.05, 0) is 24.5 Å². The molecule has 1 heterocycles. The second-order valence-electron chi connectivity index (χ2n) is 2.16. The first kappa shape index (κ1) is 1.84. The fourth-order valence-corrected chi connectivity index (χ4v) is 0.784. The molecule has 0 aromatic heterocycles. The molecule has 2 nitrogen and oxygen atoms in total. The number of nitrogens with zero attached hydrogens (tertiary/aromatic N) is 1. The third-order valence-electron chi connectivity index (χ3n) is 1.30. The van der Waals surface area contributed by atoms with E-state index in [4.69, 9.17) is 20.6 Å². The van der Waals surface area contributed by atoms with Crippen molar-refractivity contribution in [3.63, 3.8) is 0 Å². The summed E-state index contributed by atoms with van der Waals surface area (Å²) >= 11 is 0. The lowest BCUT2D eigenvalue weighted by Gasteiger charge is -2.29. The predicted molar refractivity (Wildman–Crippen MR) is 56.3 cm³/mol. The Morgan fingerprint density at radius 3 is 3.15 bits per heavy atom. The van der Waals surface area contributed by atoms with Gasteiger partial charge in [0.25, 0.3) is 0 Å². The maximum atomic E-state index is 8.11. The van der Waals surface area contributed by atoms with Crippen molar-refractivity contribution in [2.75, 3.05) is 30.9 Å². The molecule has 1 aromatic carbocycles. The number of piperazine rings is 1. The van der Waals surface area contributed by atoms with Gasteiger partial charge in [-0.1, -0.05) is 12.1 Å². The number of hydrogen-bond donors (Lipinski definition) is 1. The minimum atomic E-state index is -3.41. The highest BCUT2D eigenvalue weighted by molar-refractivity contribution is 5.48. The minimum absolute atomic E-state index is 0.159. The van der Waals surface area contributed by atoms with E-state index in [2.05, 4.69) is 0 Å². The minimum Gasteiger partial charge on any atom is -0.369 e. The van der Waals surface area contributed by atoms with Crippen LogP contribution < -0.4 is 10.2 Å². The van der Waals surface area contributed by atoms with Crippen molar-refractivity contribution >= 4 is 5.69 Å². The first-order valence-electron chi connectivity index (χ1n) is 10.9. The Kier molecular flexibility index (Phi) is 0.538. The van der Waals surface area contributed by atoms with E-state index in [1.54, 1.807) is 5.32 Å². The molecule has 0 amide bonds. The topological polar surface area (TPSA) is 15.3 Å². The van der Waals surface area contributed by atoms with Gasteiger partial charge in [-0.25, -0.2) is 0 Å². The summed E-state index contributed by atoms with van der Waals surface area (Å²) in [4.78, 5) is -0.159. The van der Waals surface area contributed by atoms with Crippen LogP contribution in [0.2, 0.25) is 0 Å². The van der Waals surface area contributed by atoms with E-state index < -0.39 is 68.3 Å². The zero-order valence-electron chi connectivity index (χ0n) is 21.4. The molecule has 1 aliphatic heterocycles. The molecule has 0 saturated carbocycles. The molecule has 1 aromatic rings. The Balaban J connectivity index is 3.01. The Labute approximate surface area is 101 Å². The third kappa shape index (κ3) is 2.01. The normalized spacial score (nSPS) is 50.8. The highest BCUT2D eigenvalue weighted by Gasteiger charge is 2.09. The van der Waals surface area contributed by atoms with Gasteiger partial charge in [-0.3, -0.25) is 0 Å². The summed E-state index contributed by atoms with van der Waals surface area (Å²) in [5, 5.41) is 1.58. The summed E-state index contributed by atoms with van der Waals surface area (Å²) in [7, 11) is 0. The van der Waals surface area contributed by atoms with Crippen molar-refractivity contribution in [3.8, 4) is 0 Å². The SMILES string of the molecule is [2H]c1c([2H])c(N2C([2H])([2H])C([2H])([2H])NC([2H])([2H])C2([2H])[2H])c([2H])c(C([2H])([2H])[2H])c1[2H]. The zero-order chi connectivity index (χ0) is 22.2. The van der Waals surface area contributed by atoms with Crippen LogP contribution in [0.15, 0.2) is 24.2 Å². The second kappa shape index (κ2) is 3.79. The Morgan fingerprint density at radius 1 is 1.54 bits per heavy atom. The van der Waals surface area contributed by atoms with Gasteiger partial charge in [-0.2, -0.15) is 0 Å². The van der Waals surface area contributed by atoms with Gasteiger partial charge in [-0.15, -0.1) is 0 Å². The highest BCUT2D eigenvalue weighted by atomic mass is 15.2. The first-order chi connectivity index (χ1) is 12.2. The lowest BCUT2D eigenvalue weighted by molar-refractivity contribution is 0.589. The molecule has 70 valence electrons. The van der Waals surface area contributed by atoms with E-state index in [1.165, 1.54) is 0 Å². The quantitative estimate of drug-likeness (QED) is 0.722. The van der Waals surface area contributed by atoms with Crippen LogP contribution in [0.3, 0.4) is 0 Å². The average Bonchev–Trinajstić information content (AvgIpc) is 2.45. The van der Waals surface area contributed by atoms with Gasteiger partial charge in [0, 0.05) is 41.3 Å². The molecule has 1 aliphatic rings. The van der Waals surface area contributed by atoms with Crippen LogP contribution >= 0.6 is 0 Å². The van der Waals surface area contributed by atoms with Crippen molar-refractivity contribution in [1.82, 2.24) is 5.32 Å². The standard InChI is InChI=1S/C11H16N2/c1-10-3-2-4-11(9-10)13-7-5-12-6-8-13/h2-4,9,12H,5-8H2,1H3/i1D3,2D,3D,4D,5D2,6D2,7D2,8D2,9D. The molecular formula is C11H16N2. The van der Waals surface area contributed by atoms with Gasteiger partial charge in [0.2, 0.25) is 0 Å². The lowest BCUT2D eigenvalue weighted by Crippen LogP contribution is -2.43. The van der Waals surface area contributed by atoms with E-state index in [1.807, 2.05) is 0 Å². The van der Waals surface area contributed by atoms with E-state index in [0.29, 0.717) is 0 Å². The van der Waals surface area contributed by atoms with Crippen molar-refractivity contribution in [1.29, 1.82) is 0 Å². The van der Waals surface area contributed by atoms with Gasteiger partial charge >= 0.3 is 0 Å². The first-order valence-corrected chi connectivity index (χ1v) is 3.42. The maximum Gasteiger partial charge on any atom is 0.0647 e. The van der Waals surface area contributed by atoms with E-state index in [-0.39, 0.29) is 4.90 Å². The smallest absolute Gasteiger partial charge is 0.0647 e. The molecule has 0 aliphatic carbocycles. The van der Waals surface area contributed by atoms with Gasteiger partial charge in [0.15, 0.2) is 0 Å². The van der Waals surface area contributed by atoms with E-state index in [9.17, 15) is 0 Å². The van der Waals surface area contributed by atoms with E-state index >= 15 is 0 Å². The summed E-state index contributed by atoms with van der Waals surface area (Å²) in [5.41, 5.74) is -2.17. The highest BCUT2D eigenvalue weighted by Crippen LogP contribution is 2.15. The van der Waals surface area contributed by atoms with Crippen LogP contribution in [0.4, 0.5) is 5.69 Å². The van der Waals surface area contributed by atoms with Gasteiger partial charge < -0.3 is 10.2 Å². The van der Waals surface area contributed by atoms with E-state index in [0.717, 1.165) is 0 Å². The molecule has 2 rings (SSSR count). The van der Waals surface area contributed by atoms with Crippen molar-refractivity contribution in [3.05, 3.63) is 29.7 Å². The lowest BCUT2D eigenvalue weighted by atomic mass is 10.2. The zero-order valence-corrected chi connectivity index (χ0v) is 6.45. The van der Waals surface area contributed by atoms with Crippen LogP contribution in [0.25, 0.3) is 0 Å². The molecule has 0 unspecified atom stereocenters.